The summed E-state index contributed by atoms with van der Waals surface area (Å²) in [4.78, 5) is 24.2. The Morgan fingerprint density at radius 3 is 2.41 bits per heavy atom. The third-order valence-electron chi connectivity index (χ3n) is 3.71. The number of halogens is 1. The third kappa shape index (κ3) is 9.75. The molecule has 1 amide bonds. The molecule has 0 saturated carbocycles. The third-order valence-corrected chi connectivity index (χ3v) is 3.71. The number of benzene rings is 1. The molecule has 0 heterocycles. The number of carbonyl (C=O) groups excluding carboxylic acids is 2. The first kappa shape index (κ1) is 25.4. The summed E-state index contributed by atoms with van der Waals surface area (Å²) in [6.45, 7) is 8.38. The Morgan fingerprint density at radius 2 is 1.81 bits per heavy atom. The van der Waals surface area contributed by atoms with Gasteiger partial charge in [-0.3, -0.25) is 9.59 Å². The monoisotopic (exact) mass is 400 g/mol. The van der Waals surface area contributed by atoms with Crippen LogP contribution < -0.4 is 15.4 Å². The lowest BCUT2D eigenvalue weighted by molar-refractivity contribution is -0.116. The van der Waals surface area contributed by atoms with Gasteiger partial charge < -0.3 is 20.5 Å². The maximum atomic E-state index is 12.4. The number of aliphatic hydroxyl groups excluding tert-OH is 1. The second kappa shape index (κ2) is 13.5. The smallest absolute Gasteiger partial charge is 0.224 e. The van der Waals surface area contributed by atoms with Crippen molar-refractivity contribution < 1.29 is 19.4 Å². The summed E-state index contributed by atoms with van der Waals surface area (Å²) in [6, 6.07) is 5.31. The van der Waals surface area contributed by atoms with Gasteiger partial charge in [0.25, 0.3) is 0 Å². The fourth-order valence-corrected chi connectivity index (χ4v) is 2.38. The highest BCUT2D eigenvalue weighted by molar-refractivity contribution is 6.00. The van der Waals surface area contributed by atoms with E-state index in [4.69, 9.17) is 4.74 Å². The fraction of sp³-hybridized carbons (Fsp3) is 0.600. The molecule has 0 saturated heterocycles. The van der Waals surface area contributed by atoms with Crippen molar-refractivity contribution in [3.8, 4) is 5.75 Å². The van der Waals surface area contributed by atoms with Gasteiger partial charge in [-0.05, 0) is 31.0 Å². The number of nitrogens with one attached hydrogen (secondary N) is 2. The average molecular weight is 401 g/mol. The lowest BCUT2D eigenvalue weighted by Crippen LogP contribution is -2.35. The number of Topliss-reactive ketones (excluding diaryl/α,β-unsaturated/α-hetero) is 1. The van der Waals surface area contributed by atoms with Gasteiger partial charge in [0, 0.05) is 31.1 Å². The number of hydrogen-bond donors (Lipinski definition) is 3. The van der Waals surface area contributed by atoms with Crippen LogP contribution in [0, 0.1) is 0 Å². The van der Waals surface area contributed by atoms with Crippen LogP contribution >= 0.6 is 12.4 Å². The second-order valence-corrected chi connectivity index (χ2v) is 6.71. The fourth-order valence-electron chi connectivity index (χ4n) is 2.38. The summed E-state index contributed by atoms with van der Waals surface area (Å²) in [7, 11) is 0. The molecule has 0 bridgehead atoms. The first-order valence-corrected chi connectivity index (χ1v) is 9.38. The van der Waals surface area contributed by atoms with Crippen LogP contribution in [0.1, 0.15) is 63.7 Å². The molecule has 0 aliphatic rings. The minimum absolute atomic E-state index is 0. The van der Waals surface area contributed by atoms with Crippen molar-refractivity contribution in [2.75, 3.05) is 18.5 Å². The zero-order chi connectivity index (χ0) is 19.5. The van der Waals surface area contributed by atoms with Crippen molar-refractivity contribution in [1.82, 2.24) is 5.32 Å². The lowest BCUT2D eigenvalue weighted by atomic mass is 10.0. The van der Waals surface area contributed by atoms with Gasteiger partial charge in [-0.1, -0.05) is 27.7 Å². The van der Waals surface area contributed by atoms with Gasteiger partial charge in [-0.25, -0.2) is 0 Å². The Bertz CT molecular complexity index is 593. The summed E-state index contributed by atoms with van der Waals surface area (Å²) in [5, 5.41) is 15.9. The number of hydrogen-bond acceptors (Lipinski definition) is 5. The van der Waals surface area contributed by atoms with Crippen LogP contribution in [0.4, 0.5) is 5.69 Å². The Morgan fingerprint density at radius 1 is 1.15 bits per heavy atom. The van der Waals surface area contributed by atoms with Crippen molar-refractivity contribution in [2.24, 2.45) is 0 Å². The van der Waals surface area contributed by atoms with Crippen LogP contribution in [-0.4, -0.2) is 42.1 Å². The van der Waals surface area contributed by atoms with Gasteiger partial charge in [-0.15, -0.1) is 12.4 Å². The maximum Gasteiger partial charge on any atom is 0.224 e. The Kier molecular flexibility index (Phi) is 12.7. The molecule has 1 atom stereocenters. The molecule has 7 heteroatoms. The van der Waals surface area contributed by atoms with Gasteiger partial charge >= 0.3 is 0 Å². The molecule has 27 heavy (non-hydrogen) atoms. The van der Waals surface area contributed by atoms with Crippen molar-refractivity contribution >= 4 is 29.8 Å². The second-order valence-electron chi connectivity index (χ2n) is 6.71. The molecule has 0 radical (unpaired) electrons. The van der Waals surface area contributed by atoms with E-state index in [2.05, 4.69) is 10.6 Å². The van der Waals surface area contributed by atoms with Gasteiger partial charge in [0.1, 0.15) is 18.5 Å². The van der Waals surface area contributed by atoms with Gasteiger partial charge in [0.05, 0.1) is 5.56 Å². The number of ketones is 1. The topological polar surface area (TPSA) is 87.7 Å². The standard InChI is InChI=1S/C20H32N2O4.ClH/c1-5-7-18(24)17-11-15(22-20(25)8-6-2)9-10-19(17)26-13-16(23)12-21-14(3)4;/h9-11,14,16,21,23H,5-8,12-13H2,1-4H3,(H,22,25);1H. The van der Waals surface area contributed by atoms with E-state index in [0.29, 0.717) is 36.4 Å². The van der Waals surface area contributed by atoms with Crippen molar-refractivity contribution in [1.29, 1.82) is 0 Å². The highest BCUT2D eigenvalue weighted by Crippen LogP contribution is 2.25. The van der Waals surface area contributed by atoms with Crippen LogP contribution in [-0.2, 0) is 4.79 Å². The lowest BCUT2D eigenvalue weighted by Gasteiger charge is -2.17. The van der Waals surface area contributed by atoms with E-state index in [0.717, 1.165) is 12.8 Å². The number of amides is 1. The maximum absolute atomic E-state index is 12.4. The van der Waals surface area contributed by atoms with E-state index in [1.54, 1.807) is 18.2 Å². The minimum Gasteiger partial charge on any atom is -0.490 e. The number of aliphatic hydroxyl groups is 1. The number of rotatable bonds is 12. The van der Waals surface area contributed by atoms with Crippen LogP contribution in [0.2, 0.25) is 0 Å². The predicted octanol–water partition coefficient (Wildman–Crippen LogP) is 3.57. The molecule has 0 aliphatic heterocycles. The van der Waals surface area contributed by atoms with E-state index < -0.39 is 6.10 Å². The molecular formula is C20H33ClN2O4. The van der Waals surface area contributed by atoms with Crippen LogP contribution in [0.15, 0.2) is 18.2 Å². The minimum atomic E-state index is -0.671. The van der Waals surface area contributed by atoms with Gasteiger partial charge in [0.15, 0.2) is 5.78 Å². The summed E-state index contributed by atoms with van der Waals surface area (Å²) in [6.07, 6.45) is 1.66. The number of anilines is 1. The molecule has 0 spiro atoms. The molecule has 0 aliphatic carbocycles. The number of carbonyl (C=O) groups is 2. The highest BCUT2D eigenvalue weighted by atomic mass is 35.5. The van der Waals surface area contributed by atoms with Crippen molar-refractivity contribution in [3.63, 3.8) is 0 Å². The molecule has 1 unspecified atom stereocenters. The largest absolute Gasteiger partial charge is 0.490 e. The van der Waals surface area contributed by atoms with Gasteiger partial charge in [-0.2, -0.15) is 0 Å². The van der Waals surface area contributed by atoms with Crippen molar-refractivity contribution in [3.05, 3.63) is 23.8 Å². The van der Waals surface area contributed by atoms with E-state index in [1.165, 1.54) is 0 Å². The van der Waals surface area contributed by atoms with E-state index in [9.17, 15) is 14.7 Å². The first-order valence-electron chi connectivity index (χ1n) is 9.38. The zero-order valence-corrected chi connectivity index (χ0v) is 17.5. The quantitative estimate of drug-likeness (QED) is 0.467. The Hall–Kier alpha value is -1.63. The summed E-state index contributed by atoms with van der Waals surface area (Å²) < 4.78 is 5.68. The first-order chi connectivity index (χ1) is 12.4. The molecule has 0 fully saturated rings. The molecule has 6 nitrogen and oxygen atoms in total. The highest BCUT2D eigenvalue weighted by Gasteiger charge is 2.15. The van der Waals surface area contributed by atoms with E-state index in [1.807, 2.05) is 27.7 Å². The summed E-state index contributed by atoms with van der Waals surface area (Å²) in [5.74, 6) is 0.315. The molecule has 154 valence electrons. The number of ether oxygens (including phenoxy) is 1. The van der Waals surface area contributed by atoms with E-state index >= 15 is 0 Å². The zero-order valence-electron chi connectivity index (χ0n) is 16.7. The summed E-state index contributed by atoms with van der Waals surface area (Å²) >= 11 is 0. The van der Waals surface area contributed by atoms with Crippen molar-refractivity contribution in [2.45, 2.75) is 65.5 Å². The van der Waals surface area contributed by atoms with Gasteiger partial charge in [0.2, 0.25) is 5.91 Å². The molecule has 1 rings (SSSR count). The molecule has 3 N–H and O–H groups in total. The normalized spacial score (nSPS) is 11.6. The molecule has 1 aromatic carbocycles. The molecule has 1 aromatic rings. The van der Waals surface area contributed by atoms with E-state index in [-0.39, 0.29) is 36.7 Å². The SMILES string of the molecule is CCCC(=O)Nc1ccc(OCC(O)CNC(C)C)c(C(=O)CCC)c1.Cl. The van der Waals surface area contributed by atoms with Crippen LogP contribution in [0.3, 0.4) is 0 Å². The summed E-state index contributed by atoms with van der Waals surface area (Å²) in [5.41, 5.74) is 1.02. The molecule has 0 aromatic heterocycles. The Balaban J connectivity index is 0.00000676. The predicted molar refractivity (Wildman–Crippen MR) is 111 cm³/mol. The van der Waals surface area contributed by atoms with Crippen LogP contribution in [0.25, 0.3) is 0 Å². The average Bonchev–Trinajstić information content (AvgIpc) is 2.59. The van der Waals surface area contributed by atoms with Crippen LogP contribution in [0.5, 0.6) is 5.75 Å². The molecular weight excluding hydrogens is 368 g/mol. The Labute approximate surface area is 168 Å².